The Morgan fingerprint density at radius 2 is 1.92 bits per heavy atom. The Hall–Kier alpha value is -2.51. The molecule has 0 aliphatic rings. The summed E-state index contributed by atoms with van der Waals surface area (Å²) in [5.41, 5.74) is 9.69. The maximum atomic E-state index is 12.6. The summed E-state index contributed by atoms with van der Waals surface area (Å²) < 4.78 is 0. The van der Waals surface area contributed by atoms with Gasteiger partial charge in [-0.1, -0.05) is 12.1 Å². The molecule has 0 aliphatic carbocycles. The highest BCUT2D eigenvalue weighted by molar-refractivity contribution is 7.21. The number of thiazole rings is 1. The van der Waals surface area contributed by atoms with Gasteiger partial charge in [-0.15, -0.1) is 22.7 Å². The predicted octanol–water partition coefficient (Wildman–Crippen LogP) is 4.67. The second-order valence-electron chi connectivity index (χ2n) is 6.00. The van der Waals surface area contributed by atoms with Crippen LogP contribution in [0.2, 0.25) is 0 Å². The van der Waals surface area contributed by atoms with Gasteiger partial charge in [-0.3, -0.25) is 10.1 Å². The molecule has 0 saturated carbocycles. The number of fused-ring (bicyclic) bond motifs is 2. The zero-order chi connectivity index (χ0) is 17.7. The van der Waals surface area contributed by atoms with E-state index in [1.165, 1.54) is 22.7 Å². The number of carbonyl (C=O) groups excluding carboxylic acids is 1. The van der Waals surface area contributed by atoms with Gasteiger partial charge in [0.25, 0.3) is 5.91 Å². The van der Waals surface area contributed by atoms with Crippen LogP contribution in [0.4, 0.5) is 10.8 Å². The van der Waals surface area contributed by atoms with Crippen molar-refractivity contribution in [1.82, 2.24) is 9.97 Å². The van der Waals surface area contributed by atoms with E-state index in [1.54, 1.807) is 0 Å². The normalized spacial score (nSPS) is 11.3. The Bertz CT molecular complexity index is 1120. The third-order valence-electron chi connectivity index (χ3n) is 4.13. The second-order valence-corrected chi connectivity index (χ2v) is 8.20. The van der Waals surface area contributed by atoms with E-state index >= 15 is 0 Å². The Morgan fingerprint density at radius 3 is 2.64 bits per heavy atom. The van der Waals surface area contributed by atoms with E-state index in [-0.39, 0.29) is 5.91 Å². The molecule has 0 fully saturated rings. The molecule has 4 aromatic rings. The van der Waals surface area contributed by atoms with Crippen LogP contribution in [0.5, 0.6) is 0 Å². The minimum Gasteiger partial charge on any atom is -0.397 e. The summed E-state index contributed by atoms with van der Waals surface area (Å²) in [6.07, 6.45) is 0. The van der Waals surface area contributed by atoms with Gasteiger partial charge in [0.1, 0.15) is 9.71 Å². The Balaban J connectivity index is 1.77. The third-order valence-corrected chi connectivity index (χ3v) is 6.23. The molecule has 0 saturated heterocycles. The average molecular weight is 368 g/mol. The van der Waals surface area contributed by atoms with E-state index in [0.29, 0.717) is 15.7 Å². The molecule has 0 aliphatic heterocycles. The number of rotatable bonds is 2. The molecule has 25 heavy (non-hydrogen) atoms. The van der Waals surface area contributed by atoms with Crippen molar-refractivity contribution in [3.63, 3.8) is 0 Å². The van der Waals surface area contributed by atoms with E-state index in [4.69, 9.17) is 5.73 Å². The maximum absolute atomic E-state index is 12.6. The molecule has 5 nitrogen and oxygen atoms in total. The standard InChI is InChI=1S/C18H16N4OS2/c1-8-4-5-11-7-12-14(19)15(25-17(12)21-13(11)6-8)16(23)22-18-20-9(2)10(3)24-18/h4-7H,19H2,1-3H3,(H,20,22,23). The first-order valence-corrected chi connectivity index (χ1v) is 9.40. The van der Waals surface area contributed by atoms with E-state index in [9.17, 15) is 4.79 Å². The van der Waals surface area contributed by atoms with Crippen molar-refractivity contribution < 1.29 is 4.79 Å². The molecule has 4 rings (SSSR count). The molecule has 0 bridgehead atoms. The number of nitrogens with one attached hydrogen (secondary N) is 1. The van der Waals surface area contributed by atoms with Crippen LogP contribution in [0.1, 0.15) is 25.8 Å². The number of benzene rings is 1. The first-order chi connectivity index (χ1) is 11.9. The summed E-state index contributed by atoms with van der Waals surface area (Å²) in [7, 11) is 0. The van der Waals surface area contributed by atoms with Gasteiger partial charge in [0.2, 0.25) is 0 Å². The number of aromatic nitrogens is 2. The number of anilines is 2. The Labute approximate surface area is 152 Å². The van der Waals surface area contributed by atoms with Gasteiger partial charge in [0.05, 0.1) is 16.9 Å². The lowest BCUT2D eigenvalue weighted by Crippen LogP contribution is -2.11. The third kappa shape index (κ3) is 2.75. The minimum atomic E-state index is -0.241. The van der Waals surface area contributed by atoms with Gasteiger partial charge in [-0.25, -0.2) is 9.97 Å². The fraction of sp³-hybridized carbons (Fsp3) is 0.167. The molecule has 3 N–H and O–H groups in total. The molecule has 0 unspecified atom stereocenters. The Kier molecular flexibility index (Phi) is 3.70. The number of amides is 1. The number of pyridine rings is 1. The fourth-order valence-corrected chi connectivity index (χ4v) is 4.44. The van der Waals surface area contributed by atoms with Crippen LogP contribution < -0.4 is 11.1 Å². The molecular formula is C18H16N4OS2. The first kappa shape index (κ1) is 16.0. The van der Waals surface area contributed by atoms with Crippen LogP contribution >= 0.6 is 22.7 Å². The molecule has 1 aromatic carbocycles. The summed E-state index contributed by atoms with van der Waals surface area (Å²) in [6.45, 7) is 5.94. The zero-order valence-corrected chi connectivity index (χ0v) is 15.6. The highest BCUT2D eigenvalue weighted by Gasteiger charge is 2.19. The van der Waals surface area contributed by atoms with Crippen molar-refractivity contribution in [3.8, 4) is 0 Å². The second kappa shape index (κ2) is 5.79. The minimum absolute atomic E-state index is 0.241. The fourth-order valence-electron chi connectivity index (χ4n) is 2.65. The highest BCUT2D eigenvalue weighted by Crippen LogP contribution is 2.35. The number of nitrogens with two attached hydrogens (primary N) is 1. The van der Waals surface area contributed by atoms with E-state index in [1.807, 2.05) is 45.0 Å². The predicted molar refractivity (Wildman–Crippen MR) is 106 cm³/mol. The van der Waals surface area contributed by atoms with Crippen molar-refractivity contribution in [3.05, 3.63) is 45.3 Å². The number of nitrogens with zero attached hydrogens (tertiary/aromatic N) is 2. The number of thiophene rings is 1. The largest absolute Gasteiger partial charge is 0.397 e. The first-order valence-electron chi connectivity index (χ1n) is 7.77. The number of aryl methyl sites for hydroxylation is 3. The number of carbonyl (C=O) groups is 1. The molecule has 3 heterocycles. The number of hydrogen-bond acceptors (Lipinski definition) is 6. The van der Waals surface area contributed by atoms with Crippen molar-refractivity contribution in [2.75, 3.05) is 11.1 Å². The summed E-state index contributed by atoms with van der Waals surface area (Å²) >= 11 is 2.77. The lowest BCUT2D eigenvalue weighted by atomic mass is 10.1. The number of nitrogen functional groups attached to an aromatic ring is 1. The van der Waals surface area contributed by atoms with E-state index < -0.39 is 0 Å². The lowest BCUT2D eigenvalue weighted by molar-refractivity contribution is 0.103. The van der Waals surface area contributed by atoms with Gasteiger partial charge in [0.15, 0.2) is 5.13 Å². The summed E-state index contributed by atoms with van der Waals surface area (Å²) in [4.78, 5) is 24.0. The Morgan fingerprint density at radius 1 is 1.12 bits per heavy atom. The summed E-state index contributed by atoms with van der Waals surface area (Å²) in [6, 6.07) is 8.09. The maximum Gasteiger partial charge on any atom is 0.269 e. The monoisotopic (exact) mass is 368 g/mol. The summed E-state index contributed by atoms with van der Waals surface area (Å²) in [5.74, 6) is -0.241. The molecule has 126 valence electrons. The summed E-state index contributed by atoms with van der Waals surface area (Å²) in [5, 5.41) is 5.26. The topological polar surface area (TPSA) is 80.9 Å². The van der Waals surface area contributed by atoms with Crippen molar-refractivity contribution in [2.24, 2.45) is 0 Å². The van der Waals surface area contributed by atoms with Gasteiger partial charge in [0, 0.05) is 15.6 Å². The lowest BCUT2D eigenvalue weighted by Gasteiger charge is -2.00. The van der Waals surface area contributed by atoms with Crippen molar-refractivity contribution in [2.45, 2.75) is 20.8 Å². The van der Waals surface area contributed by atoms with Crippen LogP contribution in [-0.2, 0) is 0 Å². The SMILES string of the molecule is Cc1ccc2cc3c(N)c(C(=O)Nc4nc(C)c(C)s4)sc3nc2c1. The van der Waals surface area contributed by atoms with Crippen LogP contribution in [-0.4, -0.2) is 15.9 Å². The zero-order valence-electron chi connectivity index (χ0n) is 14.0. The van der Waals surface area contributed by atoms with Crippen molar-refractivity contribution >= 4 is 60.5 Å². The molecule has 0 radical (unpaired) electrons. The van der Waals surface area contributed by atoms with Gasteiger partial charge >= 0.3 is 0 Å². The molecule has 0 atom stereocenters. The smallest absolute Gasteiger partial charge is 0.269 e. The molecule has 3 aromatic heterocycles. The van der Waals surface area contributed by atoms with Gasteiger partial charge in [-0.05, 0) is 38.5 Å². The van der Waals surface area contributed by atoms with Crippen LogP contribution in [0.25, 0.3) is 21.1 Å². The average Bonchev–Trinajstić information content (AvgIpc) is 3.05. The number of hydrogen-bond donors (Lipinski definition) is 2. The van der Waals surface area contributed by atoms with Crippen molar-refractivity contribution in [1.29, 1.82) is 0 Å². The quantitative estimate of drug-likeness (QED) is 0.539. The molecule has 7 heteroatoms. The van der Waals surface area contributed by atoms with Gasteiger partial charge in [-0.2, -0.15) is 0 Å². The van der Waals surface area contributed by atoms with Crippen LogP contribution in [0.15, 0.2) is 24.3 Å². The van der Waals surface area contributed by atoms with E-state index in [0.717, 1.165) is 37.3 Å². The van der Waals surface area contributed by atoms with E-state index in [2.05, 4.69) is 15.3 Å². The molecular weight excluding hydrogens is 352 g/mol. The van der Waals surface area contributed by atoms with Crippen LogP contribution in [0, 0.1) is 20.8 Å². The highest BCUT2D eigenvalue weighted by atomic mass is 32.1. The molecule has 1 amide bonds. The van der Waals surface area contributed by atoms with Gasteiger partial charge < -0.3 is 5.73 Å². The molecule has 0 spiro atoms. The van der Waals surface area contributed by atoms with Crippen LogP contribution in [0.3, 0.4) is 0 Å².